The zero-order chi connectivity index (χ0) is 15.9. The van der Waals surface area contributed by atoms with Crippen molar-refractivity contribution in [2.45, 2.75) is 29.8 Å². The summed E-state index contributed by atoms with van der Waals surface area (Å²) in [6, 6.07) is 2.67. The summed E-state index contributed by atoms with van der Waals surface area (Å²) >= 11 is 0. The maximum Gasteiger partial charge on any atom is 0.262 e. The number of sulfonamides is 1. The predicted molar refractivity (Wildman–Crippen MR) is 85.7 cm³/mol. The fraction of sp³-hybridized carbons (Fsp3) is 0.462. The lowest BCUT2D eigenvalue weighted by molar-refractivity contribution is -0.118. The molecule has 1 aromatic carbocycles. The van der Waals surface area contributed by atoms with Crippen LogP contribution in [0.5, 0.6) is 11.5 Å². The van der Waals surface area contributed by atoms with Crippen LogP contribution in [0.2, 0.25) is 0 Å². The molecule has 0 atom stereocenters. The number of carbonyl (C=O) groups is 1. The van der Waals surface area contributed by atoms with Gasteiger partial charge in [0.1, 0.15) is 16.4 Å². The number of benzene rings is 1. The van der Waals surface area contributed by atoms with Crippen LogP contribution in [0.15, 0.2) is 17.0 Å². The van der Waals surface area contributed by atoms with Gasteiger partial charge in [0.05, 0.1) is 12.8 Å². The van der Waals surface area contributed by atoms with Crippen molar-refractivity contribution in [1.29, 1.82) is 0 Å². The lowest BCUT2D eigenvalue weighted by Crippen LogP contribution is -2.50. The molecule has 0 bridgehead atoms. The third kappa shape index (κ3) is 3.52. The molecule has 0 unspecified atom stereocenters. The summed E-state index contributed by atoms with van der Waals surface area (Å²) in [6.45, 7) is -0.149. The van der Waals surface area contributed by atoms with Crippen molar-refractivity contribution in [2.75, 3.05) is 19.0 Å². The molecular weight excluding hydrogens is 346 g/mol. The number of methoxy groups -OCH3 is 1. The van der Waals surface area contributed by atoms with Gasteiger partial charge in [-0.05, 0) is 12.8 Å². The molecule has 3 rings (SSSR count). The van der Waals surface area contributed by atoms with Crippen LogP contribution in [0.3, 0.4) is 0 Å². The van der Waals surface area contributed by atoms with Crippen LogP contribution < -0.4 is 25.2 Å². The number of fused-ring (bicyclic) bond motifs is 1. The lowest BCUT2D eigenvalue weighted by Gasteiger charge is -2.32. The minimum atomic E-state index is -3.76. The molecule has 0 radical (unpaired) electrons. The second-order valence-electron chi connectivity index (χ2n) is 5.39. The Kier molecular flexibility index (Phi) is 5.04. The summed E-state index contributed by atoms with van der Waals surface area (Å²) in [6.07, 6.45) is 1.22. The first kappa shape index (κ1) is 17.8. The van der Waals surface area contributed by atoms with Gasteiger partial charge in [-0.1, -0.05) is 0 Å². The van der Waals surface area contributed by atoms with Crippen LogP contribution >= 0.6 is 12.4 Å². The number of nitrogens with one attached hydrogen (secondary N) is 2. The molecule has 2 aliphatic rings. The van der Waals surface area contributed by atoms with E-state index in [1.807, 2.05) is 0 Å². The SMILES string of the molecule is COc1cc2c(cc1S(=O)(=O)NC1CC(N)C1)OCC(=O)N2.Cl. The van der Waals surface area contributed by atoms with Gasteiger partial charge in [0, 0.05) is 24.2 Å². The summed E-state index contributed by atoms with van der Waals surface area (Å²) in [5.74, 6) is 0.137. The lowest BCUT2D eigenvalue weighted by atomic mass is 9.89. The smallest absolute Gasteiger partial charge is 0.262 e. The van der Waals surface area contributed by atoms with Crippen LogP contribution in [0.25, 0.3) is 0 Å². The van der Waals surface area contributed by atoms with E-state index in [0.717, 1.165) is 0 Å². The Morgan fingerprint density at radius 3 is 2.70 bits per heavy atom. The number of rotatable bonds is 4. The van der Waals surface area contributed by atoms with E-state index < -0.39 is 10.0 Å². The molecular formula is C13H18ClN3O5S. The van der Waals surface area contributed by atoms with Crippen LogP contribution in [0.4, 0.5) is 5.69 Å². The van der Waals surface area contributed by atoms with Crippen LogP contribution in [-0.4, -0.2) is 40.1 Å². The Labute approximate surface area is 140 Å². The highest BCUT2D eigenvalue weighted by molar-refractivity contribution is 7.89. The molecule has 4 N–H and O–H groups in total. The summed E-state index contributed by atoms with van der Waals surface area (Å²) in [5, 5.41) is 2.61. The molecule has 1 aliphatic carbocycles. The quantitative estimate of drug-likeness (QED) is 0.703. The Morgan fingerprint density at radius 2 is 2.09 bits per heavy atom. The van der Waals surface area contributed by atoms with Crippen molar-refractivity contribution in [1.82, 2.24) is 4.72 Å². The first-order valence-electron chi connectivity index (χ1n) is 6.81. The maximum atomic E-state index is 12.5. The van der Waals surface area contributed by atoms with Crippen molar-refractivity contribution in [3.8, 4) is 11.5 Å². The number of amides is 1. The maximum absolute atomic E-state index is 12.5. The molecule has 8 nitrogen and oxygen atoms in total. The van der Waals surface area contributed by atoms with Gasteiger partial charge in [-0.3, -0.25) is 4.79 Å². The van der Waals surface area contributed by atoms with E-state index in [2.05, 4.69) is 10.0 Å². The highest BCUT2D eigenvalue weighted by Crippen LogP contribution is 2.37. The van der Waals surface area contributed by atoms with Crippen molar-refractivity contribution in [3.05, 3.63) is 12.1 Å². The highest BCUT2D eigenvalue weighted by atomic mass is 35.5. The first-order valence-corrected chi connectivity index (χ1v) is 8.30. The topological polar surface area (TPSA) is 120 Å². The minimum Gasteiger partial charge on any atom is -0.495 e. The van der Waals surface area contributed by atoms with Gasteiger partial charge in [0.15, 0.2) is 6.61 Å². The number of hydrogen-bond donors (Lipinski definition) is 3. The number of anilines is 1. The van der Waals surface area contributed by atoms with E-state index >= 15 is 0 Å². The van der Waals surface area contributed by atoms with Gasteiger partial charge >= 0.3 is 0 Å². The molecule has 1 aliphatic heterocycles. The van der Waals surface area contributed by atoms with Gasteiger partial charge < -0.3 is 20.5 Å². The summed E-state index contributed by atoms with van der Waals surface area (Å²) < 4.78 is 38.0. The molecule has 128 valence electrons. The number of carbonyl (C=O) groups excluding carboxylic acids is 1. The summed E-state index contributed by atoms with van der Waals surface area (Å²) in [7, 11) is -2.39. The number of nitrogens with two attached hydrogens (primary N) is 1. The second-order valence-corrected chi connectivity index (χ2v) is 7.07. The Hall–Kier alpha value is -1.55. The first-order chi connectivity index (χ1) is 10.4. The van der Waals surface area contributed by atoms with Gasteiger partial charge in [-0.25, -0.2) is 13.1 Å². The highest BCUT2D eigenvalue weighted by Gasteiger charge is 2.32. The van der Waals surface area contributed by atoms with Crippen molar-refractivity contribution in [3.63, 3.8) is 0 Å². The van der Waals surface area contributed by atoms with Gasteiger partial charge in [-0.2, -0.15) is 0 Å². The molecule has 0 saturated heterocycles. The Bertz CT molecular complexity index is 719. The standard InChI is InChI=1S/C13H17N3O5S.ClH/c1-20-11-4-9-10(21-6-13(17)15-9)5-12(11)22(18,19)16-8-2-7(14)3-8;/h4-5,7-8,16H,2-3,6,14H2,1H3,(H,15,17);1H. The fourth-order valence-electron chi connectivity index (χ4n) is 2.50. The number of ether oxygens (including phenoxy) is 2. The monoisotopic (exact) mass is 363 g/mol. The molecule has 1 amide bonds. The molecule has 1 heterocycles. The van der Waals surface area contributed by atoms with Gasteiger partial charge in [-0.15, -0.1) is 12.4 Å². The van der Waals surface area contributed by atoms with Crippen molar-refractivity contribution >= 4 is 34.0 Å². The number of hydrogen-bond acceptors (Lipinski definition) is 6. The molecule has 10 heteroatoms. The van der Waals surface area contributed by atoms with E-state index in [1.165, 1.54) is 19.2 Å². The zero-order valence-corrected chi connectivity index (χ0v) is 14.0. The molecule has 1 fully saturated rings. The van der Waals surface area contributed by atoms with Crippen molar-refractivity contribution in [2.24, 2.45) is 5.73 Å². The Balaban J connectivity index is 0.00000192. The minimum absolute atomic E-state index is 0. The van der Waals surface area contributed by atoms with E-state index in [-0.39, 0.29) is 47.6 Å². The third-order valence-electron chi connectivity index (χ3n) is 3.68. The molecule has 1 saturated carbocycles. The van der Waals surface area contributed by atoms with Crippen LogP contribution in [0, 0.1) is 0 Å². The van der Waals surface area contributed by atoms with Gasteiger partial charge in [0.25, 0.3) is 5.91 Å². The normalized spacial score (nSPS) is 22.8. The number of halogens is 1. The molecule has 0 aromatic heterocycles. The van der Waals surface area contributed by atoms with E-state index in [1.54, 1.807) is 0 Å². The average Bonchev–Trinajstić information content (AvgIpc) is 2.43. The van der Waals surface area contributed by atoms with Crippen molar-refractivity contribution < 1.29 is 22.7 Å². The summed E-state index contributed by atoms with van der Waals surface area (Å²) in [4.78, 5) is 11.3. The zero-order valence-electron chi connectivity index (χ0n) is 12.4. The fourth-order valence-corrected chi connectivity index (χ4v) is 3.93. The average molecular weight is 364 g/mol. The Morgan fingerprint density at radius 1 is 1.39 bits per heavy atom. The molecule has 0 spiro atoms. The largest absolute Gasteiger partial charge is 0.495 e. The van der Waals surface area contributed by atoms with Crippen LogP contribution in [-0.2, 0) is 14.8 Å². The predicted octanol–water partition coefficient (Wildman–Crippen LogP) is 0.216. The molecule has 23 heavy (non-hydrogen) atoms. The second kappa shape index (κ2) is 6.52. The summed E-state index contributed by atoms with van der Waals surface area (Å²) in [5.41, 5.74) is 6.05. The third-order valence-corrected chi connectivity index (χ3v) is 5.23. The van der Waals surface area contributed by atoms with Gasteiger partial charge in [0.2, 0.25) is 10.0 Å². The van der Waals surface area contributed by atoms with E-state index in [4.69, 9.17) is 15.2 Å². The van der Waals surface area contributed by atoms with E-state index in [9.17, 15) is 13.2 Å². The van der Waals surface area contributed by atoms with E-state index in [0.29, 0.717) is 24.3 Å². The molecule has 1 aromatic rings. The van der Waals surface area contributed by atoms with Crippen LogP contribution in [0.1, 0.15) is 12.8 Å².